The summed E-state index contributed by atoms with van der Waals surface area (Å²) < 4.78 is 0. The largest absolute Gasteiger partial charge is 0.369 e. The molecule has 2 rings (SSSR count). The molecule has 24 heavy (non-hydrogen) atoms. The highest BCUT2D eigenvalue weighted by molar-refractivity contribution is 7.99. The van der Waals surface area contributed by atoms with Crippen LogP contribution in [0, 0.1) is 0 Å². The molecule has 3 nitrogen and oxygen atoms in total. The van der Waals surface area contributed by atoms with E-state index in [1.807, 2.05) is 62.6 Å². The topological polar surface area (TPSA) is 46.3 Å². The fourth-order valence-electron chi connectivity index (χ4n) is 2.33. The monoisotopic (exact) mass is 384 g/mol. The molecule has 0 spiro atoms. The van der Waals surface area contributed by atoms with Gasteiger partial charge < -0.3 is 10.6 Å². The predicted molar refractivity (Wildman–Crippen MR) is 104 cm³/mol. The average molecular weight is 385 g/mol. The summed E-state index contributed by atoms with van der Waals surface area (Å²) in [6, 6.07) is 15.6. The van der Waals surface area contributed by atoms with Gasteiger partial charge in [-0.15, -0.1) is 12.4 Å². The van der Waals surface area contributed by atoms with Crippen molar-refractivity contribution in [1.82, 2.24) is 4.90 Å². The maximum Gasteiger partial charge on any atom is 0.225 e. The molecule has 0 aliphatic heterocycles. The van der Waals surface area contributed by atoms with Gasteiger partial charge in [0.05, 0.1) is 5.92 Å². The number of nitrogens with two attached hydrogens (primary N) is 1. The maximum atomic E-state index is 11.9. The number of rotatable bonds is 7. The highest BCUT2D eigenvalue weighted by Crippen LogP contribution is 2.35. The van der Waals surface area contributed by atoms with Crippen LogP contribution in [0.25, 0.3) is 0 Å². The second-order valence-corrected chi connectivity index (χ2v) is 7.19. The number of benzene rings is 2. The van der Waals surface area contributed by atoms with Crippen LogP contribution in [0.1, 0.15) is 17.9 Å². The van der Waals surface area contributed by atoms with E-state index in [2.05, 4.69) is 4.90 Å². The van der Waals surface area contributed by atoms with E-state index in [1.165, 1.54) is 0 Å². The molecule has 1 amide bonds. The van der Waals surface area contributed by atoms with Crippen LogP contribution in [-0.4, -0.2) is 31.4 Å². The zero-order chi connectivity index (χ0) is 16.8. The van der Waals surface area contributed by atoms with Crippen molar-refractivity contribution >= 4 is 41.7 Å². The van der Waals surface area contributed by atoms with Gasteiger partial charge in [0, 0.05) is 14.8 Å². The van der Waals surface area contributed by atoms with Crippen LogP contribution in [0.15, 0.2) is 58.3 Å². The highest BCUT2D eigenvalue weighted by atomic mass is 35.5. The van der Waals surface area contributed by atoms with Crippen molar-refractivity contribution in [3.63, 3.8) is 0 Å². The third kappa shape index (κ3) is 6.02. The third-order valence-electron chi connectivity index (χ3n) is 3.54. The molecule has 0 heterocycles. The standard InChI is InChI=1S/C18H21ClN2OS.ClH/c1-21(2)12-11-16(18(20)22)15-5-3-4-6-17(15)23-14-9-7-13(19)8-10-14;/h3-10,16H,11-12H2,1-2H3,(H2,20,22);1H. The van der Waals surface area contributed by atoms with Crippen LogP contribution >= 0.6 is 35.8 Å². The van der Waals surface area contributed by atoms with Gasteiger partial charge in [-0.25, -0.2) is 0 Å². The molecule has 0 saturated heterocycles. The van der Waals surface area contributed by atoms with Crippen LogP contribution in [0.4, 0.5) is 0 Å². The van der Waals surface area contributed by atoms with Gasteiger partial charge in [-0.2, -0.15) is 0 Å². The van der Waals surface area contributed by atoms with Gasteiger partial charge >= 0.3 is 0 Å². The summed E-state index contributed by atoms with van der Waals surface area (Å²) in [7, 11) is 3.98. The number of carbonyl (C=O) groups excluding carboxylic acids is 1. The molecule has 1 unspecified atom stereocenters. The number of nitrogens with zero attached hydrogens (tertiary/aromatic N) is 1. The van der Waals surface area contributed by atoms with Crippen molar-refractivity contribution in [3.05, 3.63) is 59.1 Å². The van der Waals surface area contributed by atoms with Gasteiger partial charge in [0.25, 0.3) is 0 Å². The molecule has 0 saturated carbocycles. The molecular formula is C18H22Cl2N2OS. The summed E-state index contributed by atoms with van der Waals surface area (Å²) in [4.78, 5) is 16.1. The summed E-state index contributed by atoms with van der Waals surface area (Å²) in [5.74, 6) is -0.565. The predicted octanol–water partition coefficient (Wildman–Crippen LogP) is 4.43. The van der Waals surface area contributed by atoms with Crippen molar-refractivity contribution in [2.45, 2.75) is 22.1 Å². The average Bonchev–Trinajstić information content (AvgIpc) is 2.50. The number of hydrogen-bond donors (Lipinski definition) is 1. The number of carbonyl (C=O) groups is 1. The summed E-state index contributed by atoms with van der Waals surface area (Å²) in [6.07, 6.45) is 0.709. The minimum absolute atomic E-state index is 0. The number of primary amides is 1. The Morgan fingerprint density at radius 3 is 2.38 bits per heavy atom. The molecule has 0 aromatic heterocycles. The van der Waals surface area contributed by atoms with Crippen molar-refractivity contribution < 1.29 is 4.79 Å². The van der Waals surface area contributed by atoms with Crippen LogP contribution in [0.5, 0.6) is 0 Å². The molecule has 0 radical (unpaired) electrons. The van der Waals surface area contributed by atoms with E-state index in [0.29, 0.717) is 11.4 Å². The van der Waals surface area contributed by atoms with E-state index in [4.69, 9.17) is 17.3 Å². The number of hydrogen-bond acceptors (Lipinski definition) is 3. The Morgan fingerprint density at radius 2 is 1.79 bits per heavy atom. The highest BCUT2D eigenvalue weighted by Gasteiger charge is 2.21. The summed E-state index contributed by atoms with van der Waals surface area (Å²) in [6.45, 7) is 0.813. The van der Waals surface area contributed by atoms with Crippen molar-refractivity contribution in [1.29, 1.82) is 0 Å². The Kier molecular flexibility index (Phi) is 8.63. The Morgan fingerprint density at radius 1 is 1.17 bits per heavy atom. The van der Waals surface area contributed by atoms with Crippen LogP contribution < -0.4 is 5.73 Å². The van der Waals surface area contributed by atoms with Crippen molar-refractivity contribution in [2.24, 2.45) is 5.73 Å². The fourth-order valence-corrected chi connectivity index (χ4v) is 3.46. The van der Waals surface area contributed by atoms with Gasteiger partial charge in [0.1, 0.15) is 0 Å². The zero-order valence-corrected chi connectivity index (χ0v) is 16.1. The number of amides is 1. The Bertz CT molecular complexity index is 662. The van der Waals surface area contributed by atoms with Crippen LogP contribution in [0.3, 0.4) is 0 Å². The van der Waals surface area contributed by atoms with Gasteiger partial charge in [-0.05, 0) is 63.0 Å². The lowest BCUT2D eigenvalue weighted by Gasteiger charge is -2.19. The maximum absolute atomic E-state index is 11.9. The molecule has 0 aliphatic carbocycles. The van der Waals surface area contributed by atoms with Gasteiger partial charge in [-0.3, -0.25) is 4.79 Å². The van der Waals surface area contributed by atoms with Crippen LogP contribution in [-0.2, 0) is 4.79 Å². The van der Waals surface area contributed by atoms with E-state index in [1.54, 1.807) is 11.8 Å². The lowest BCUT2D eigenvalue weighted by atomic mass is 9.95. The zero-order valence-electron chi connectivity index (χ0n) is 13.7. The minimum Gasteiger partial charge on any atom is -0.369 e. The third-order valence-corrected chi connectivity index (χ3v) is 4.90. The summed E-state index contributed by atoms with van der Waals surface area (Å²) in [5.41, 5.74) is 6.64. The first kappa shape index (κ1) is 20.8. The molecular weight excluding hydrogens is 363 g/mol. The Balaban J connectivity index is 0.00000288. The quantitative estimate of drug-likeness (QED) is 0.767. The normalized spacial score (nSPS) is 11.8. The second kappa shape index (κ2) is 9.94. The Labute approximate surface area is 159 Å². The van der Waals surface area contributed by atoms with E-state index in [9.17, 15) is 4.79 Å². The van der Waals surface area contributed by atoms with Crippen molar-refractivity contribution in [3.8, 4) is 0 Å². The minimum atomic E-state index is -0.284. The van der Waals surface area contributed by atoms with E-state index < -0.39 is 0 Å². The molecule has 130 valence electrons. The number of halogens is 2. The molecule has 6 heteroatoms. The molecule has 1 atom stereocenters. The lowest BCUT2D eigenvalue weighted by Crippen LogP contribution is -2.26. The fraction of sp³-hybridized carbons (Fsp3) is 0.278. The SMILES string of the molecule is CN(C)CCC(C(N)=O)c1ccccc1Sc1ccc(Cl)cc1.Cl. The summed E-state index contributed by atoms with van der Waals surface area (Å²) >= 11 is 7.56. The Hall–Kier alpha value is -1.20. The van der Waals surface area contributed by atoms with Gasteiger partial charge in [-0.1, -0.05) is 41.6 Å². The molecule has 2 aromatic carbocycles. The molecule has 0 bridgehead atoms. The van der Waals surface area contributed by atoms with E-state index in [0.717, 1.165) is 21.9 Å². The summed E-state index contributed by atoms with van der Waals surface area (Å²) in [5, 5.41) is 0.712. The molecule has 0 fully saturated rings. The van der Waals surface area contributed by atoms with Gasteiger partial charge in [0.15, 0.2) is 0 Å². The van der Waals surface area contributed by atoms with E-state index >= 15 is 0 Å². The van der Waals surface area contributed by atoms with Gasteiger partial charge in [0.2, 0.25) is 5.91 Å². The smallest absolute Gasteiger partial charge is 0.225 e. The first-order valence-corrected chi connectivity index (χ1v) is 8.63. The first-order chi connectivity index (χ1) is 11.0. The van der Waals surface area contributed by atoms with E-state index in [-0.39, 0.29) is 24.2 Å². The molecule has 2 N–H and O–H groups in total. The molecule has 2 aromatic rings. The van der Waals surface area contributed by atoms with Crippen molar-refractivity contribution in [2.75, 3.05) is 20.6 Å². The second-order valence-electron chi connectivity index (χ2n) is 5.64. The van der Waals surface area contributed by atoms with Crippen LogP contribution in [0.2, 0.25) is 5.02 Å². The molecule has 0 aliphatic rings. The lowest BCUT2D eigenvalue weighted by molar-refractivity contribution is -0.119. The first-order valence-electron chi connectivity index (χ1n) is 7.44.